The summed E-state index contributed by atoms with van der Waals surface area (Å²) in [4.78, 5) is 0. The fourth-order valence-electron chi connectivity index (χ4n) is 1.03. The molecule has 3 nitrogen and oxygen atoms in total. The molecule has 0 aromatic heterocycles. The third-order valence-corrected chi connectivity index (χ3v) is 2.18. The van der Waals surface area contributed by atoms with E-state index >= 15 is 0 Å². The van der Waals surface area contributed by atoms with Crippen LogP contribution in [0.4, 0.5) is 0 Å². The minimum atomic E-state index is -0.0428. The summed E-state index contributed by atoms with van der Waals surface area (Å²) < 4.78 is 5.06. The second-order valence-corrected chi connectivity index (χ2v) is 3.12. The summed E-state index contributed by atoms with van der Waals surface area (Å²) in [5, 5.41) is 7.87. The van der Waals surface area contributed by atoms with Crippen molar-refractivity contribution in [3.05, 3.63) is 28.3 Å². The summed E-state index contributed by atoms with van der Waals surface area (Å²) in [7, 11) is 1.54. The SMILES string of the molecule is COc1cc(C)c(Cl)cc1C(=N)N. The molecule has 0 saturated carbocycles. The second kappa shape index (κ2) is 3.66. The zero-order valence-corrected chi connectivity index (χ0v) is 8.27. The minimum absolute atomic E-state index is 0.0428. The van der Waals surface area contributed by atoms with Gasteiger partial charge in [0.05, 0.1) is 12.7 Å². The number of nitrogens with one attached hydrogen (secondary N) is 1. The predicted octanol–water partition coefficient (Wildman–Crippen LogP) is 1.94. The van der Waals surface area contributed by atoms with Crippen LogP contribution in [0, 0.1) is 12.3 Å². The van der Waals surface area contributed by atoms with Gasteiger partial charge in [-0.25, -0.2) is 0 Å². The van der Waals surface area contributed by atoms with Gasteiger partial charge in [0.2, 0.25) is 0 Å². The molecular weight excluding hydrogens is 188 g/mol. The number of hydrogen-bond donors (Lipinski definition) is 2. The maximum atomic E-state index is 7.29. The van der Waals surface area contributed by atoms with E-state index in [1.807, 2.05) is 6.92 Å². The van der Waals surface area contributed by atoms with Crippen molar-refractivity contribution in [3.8, 4) is 5.75 Å². The molecule has 70 valence electrons. The molecule has 0 heterocycles. The molecule has 13 heavy (non-hydrogen) atoms. The van der Waals surface area contributed by atoms with Gasteiger partial charge in [-0.3, -0.25) is 5.41 Å². The van der Waals surface area contributed by atoms with Crippen LogP contribution in [-0.4, -0.2) is 12.9 Å². The number of nitrogens with two attached hydrogens (primary N) is 1. The second-order valence-electron chi connectivity index (χ2n) is 2.72. The Labute approximate surface area is 82.0 Å². The van der Waals surface area contributed by atoms with Crippen LogP contribution in [0.1, 0.15) is 11.1 Å². The van der Waals surface area contributed by atoms with Gasteiger partial charge in [-0.15, -0.1) is 0 Å². The number of benzene rings is 1. The average molecular weight is 199 g/mol. The molecule has 0 saturated heterocycles. The lowest BCUT2D eigenvalue weighted by Gasteiger charge is -2.08. The van der Waals surface area contributed by atoms with Gasteiger partial charge >= 0.3 is 0 Å². The highest BCUT2D eigenvalue weighted by atomic mass is 35.5. The van der Waals surface area contributed by atoms with E-state index in [4.69, 9.17) is 27.5 Å². The Hall–Kier alpha value is -1.22. The van der Waals surface area contributed by atoms with Crippen LogP contribution in [-0.2, 0) is 0 Å². The molecule has 1 aromatic carbocycles. The number of amidine groups is 1. The van der Waals surface area contributed by atoms with Crippen LogP contribution in [0.5, 0.6) is 5.75 Å². The molecule has 4 heteroatoms. The van der Waals surface area contributed by atoms with Crippen LogP contribution >= 0.6 is 11.6 Å². The van der Waals surface area contributed by atoms with Crippen molar-refractivity contribution >= 4 is 17.4 Å². The molecule has 3 N–H and O–H groups in total. The van der Waals surface area contributed by atoms with Crippen molar-refractivity contribution in [2.24, 2.45) is 5.73 Å². The zero-order chi connectivity index (χ0) is 10.0. The van der Waals surface area contributed by atoms with E-state index in [1.165, 1.54) is 7.11 Å². The third kappa shape index (κ3) is 1.92. The van der Waals surface area contributed by atoms with Gasteiger partial charge in [-0.1, -0.05) is 11.6 Å². The maximum absolute atomic E-state index is 7.29. The van der Waals surface area contributed by atoms with Crippen molar-refractivity contribution in [2.75, 3.05) is 7.11 Å². The Bertz CT molecular complexity index is 350. The summed E-state index contributed by atoms with van der Waals surface area (Å²) in [6.07, 6.45) is 0. The van der Waals surface area contributed by atoms with Crippen molar-refractivity contribution in [1.82, 2.24) is 0 Å². The smallest absolute Gasteiger partial charge is 0.130 e. The van der Waals surface area contributed by atoms with Crippen molar-refractivity contribution in [3.63, 3.8) is 0 Å². The van der Waals surface area contributed by atoms with E-state index in [1.54, 1.807) is 12.1 Å². The molecule has 1 aromatic rings. The van der Waals surface area contributed by atoms with Gasteiger partial charge in [0, 0.05) is 5.02 Å². The van der Waals surface area contributed by atoms with Crippen molar-refractivity contribution < 1.29 is 4.74 Å². The predicted molar refractivity (Wildman–Crippen MR) is 53.8 cm³/mol. The van der Waals surface area contributed by atoms with Crippen LogP contribution in [0.15, 0.2) is 12.1 Å². The third-order valence-electron chi connectivity index (χ3n) is 1.77. The zero-order valence-electron chi connectivity index (χ0n) is 7.52. The Morgan fingerprint density at radius 2 is 2.15 bits per heavy atom. The summed E-state index contributed by atoms with van der Waals surface area (Å²) in [6, 6.07) is 3.40. The topological polar surface area (TPSA) is 59.1 Å². The van der Waals surface area contributed by atoms with E-state index in [-0.39, 0.29) is 5.84 Å². The number of hydrogen-bond acceptors (Lipinski definition) is 2. The first-order valence-corrected chi connectivity index (χ1v) is 4.12. The van der Waals surface area contributed by atoms with Gasteiger partial charge in [-0.2, -0.15) is 0 Å². The molecular formula is C9H11ClN2O. The molecule has 0 amide bonds. The lowest BCUT2D eigenvalue weighted by Crippen LogP contribution is -2.12. The highest BCUT2D eigenvalue weighted by Gasteiger charge is 2.08. The summed E-state index contributed by atoms with van der Waals surface area (Å²) in [5.41, 5.74) is 6.79. The number of aryl methyl sites for hydroxylation is 1. The lowest BCUT2D eigenvalue weighted by molar-refractivity contribution is 0.413. The molecule has 0 unspecified atom stereocenters. The normalized spacial score (nSPS) is 9.77. The Kier molecular flexibility index (Phi) is 2.78. The molecule has 0 aliphatic heterocycles. The van der Waals surface area contributed by atoms with E-state index in [0.717, 1.165) is 5.56 Å². The fourth-order valence-corrected chi connectivity index (χ4v) is 1.20. The van der Waals surface area contributed by atoms with Crippen molar-refractivity contribution in [1.29, 1.82) is 5.41 Å². The first-order valence-electron chi connectivity index (χ1n) is 3.74. The van der Waals surface area contributed by atoms with Gasteiger partial charge < -0.3 is 10.5 Å². The molecule has 0 bridgehead atoms. The van der Waals surface area contributed by atoms with E-state index in [2.05, 4.69) is 0 Å². The monoisotopic (exact) mass is 198 g/mol. The van der Waals surface area contributed by atoms with Gasteiger partial charge in [0.25, 0.3) is 0 Å². The fraction of sp³-hybridized carbons (Fsp3) is 0.222. The molecule has 0 spiro atoms. The number of halogens is 1. The first-order chi connectivity index (χ1) is 6.06. The highest BCUT2D eigenvalue weighted by Crippen LogP contribution is 2.25. The van der Waals surface area contributed by atoms with E-state index < -0.39 is 0 Å². The highest BCUT2D eigenvalue weighted by molar-refractivity contribution is 6.31. The standard InChI is InChI=1S/C9H11ClN2O/c1-5-3-8(13-2)6(9(11)12)4-7(5)10/h3-4H,1-2H3,(H3,11,12). The van der Waals surface area contributed by atoms with Crippen LogP contribution < -0.4 is 10.5 Å². The molecule has 0 aliphatic rings. The van der Waals surface area contributed by atoms with E-state index in [9.17, 15) is 0 Å². The van der Waals surface area contributed by atoms with Crippen LogP contribution in [0.3, 0.4) is 0 Å². The largest absolute Gasteiger partial charge is 0.496 e. The number of methoxy groups -OCH3 is 1. The lowest BCUT2D eigenvalue weighted by atomic mass is 10.1. The molecule has 0 atom stereocenters. The van der Waals surface area contributed by atoms with Gasteiger partial charge in [-0.05, 0) is 24.6 Å². The van der Waals surface area contributed by atoms with Crippen LogP contribution in [0.2, 0.25) is 5.02 Å². The summed E-state index contributed by atoms with van der Waals surface area (Å²) in [5.74, 6) is 0.535. The Morgan fingerprint density at radius 1 is 1.54 bits per heavy atom. The number of nitrogen functional groups attached to an aromatic ring is 1. The summed E-state index contributed by atoms with van der Waals surface area (Å²) >= 11 is 5.88. The number of rotatable bonds is 2. The molecule has 0 radical (unpaired) electrons. The quantitative estimate of drug-likeness (QED) is 0.564. The first kappa shape index (κ1) is 9.86. The maximum Gasteiger partial charge on any atom is 0.130 e. The molecule has 1 rings (SSSR count). The van der Waals surface area contributed by atoms with Crippen molar-refractivity contribution in [2.45, 2.75) is 6.92 Å². The van der Waals surface area contributed by atoms with Gasteiger partial charge in [0.1, 0.15) is 11.6 Å². The Balaban J connectivity index is 3.33. The van der Waals surface area contributed by atoms with Gasteiger partial charge in [0.15, 0.2) is 0 Å². The summed E-state index contributed by atoms with van der Waals surface area (Å²) in [6.45, 7) is 1.87. The Morgan fingerprint density at radius 3 is 2.62 bits per heavy atom. The minimum Gasteiger partial charge on any atom is -0.496 e. The van der Waals surface area contributed by atoms with Crippen LogP contribution in [0.25, 0.3) is 0 Å². The molecule has 0 aliphatic carbocycles. The average Bonchev–Trinajstić information content (AvgIpc) is 2.08. The van der Waals surface area contributed by atoms with E-state index in [0.29, 0.717) is 16.3 Å². The number of ether oxygens (including phenoxy) is 1. The molecule has 0 fully saturated rings.